The van der Waals surface area contributed by atoms with E-state index in [9.17, 15) is 17.6 Å². The highest BCUT2D eigenvalue weighted by Crippen LogP contribution is 2.23. The molecular weight excluding hydrogens is 323 g/mol. The summed E-state index contributed by atoms with van der Waals surface area (Å²) in [5.41, 5.74) is 5.95. The van der Waals surface area contributed by atoms with Crippen molar-refractivity contribution in [1.29, 1.82) is 0 Å². The molecular formula is C14H11FN4O3S. The lowest BCUT2D eigenvalue weighted by molar-refractivity contribution is 0.0997. The van der Waals surface area contributed by atoms with E-state index < -0.39 is 21.7 Å². The summed E-state index contributed by atoms with van der Waals surface area (Å²) in [6.07, 6.45) is 0. The van der Waals surface area contributed by atoms with Crippen LogP contribution in [0.2, 0.25) is 0 Å². The molecule has 23 heavy (non-hydrogen) atoms. The number of nitrogens with zero attached hydrogens (tertiary/aromatic N) is 1. The highest BCUT2D eigenvalue weighted by atomic mass is 32.2. The molecule has 0 spiro atoms. The van der Waals surface area contributed by atoms with E-state index in [2.05, 4.69) is 14.9 Å². The maximum atomic E-state index is 13.2. The highest BCUT2D eigenvalue weighted by molar-refractivity contribution is 7.92. The van der Waals surface area contributed by atoms with Crippen molar-refractivity contribution in [2.75, 3.05) is 4.72 Å². The summed E-state index contributed by atoms with van der Waals surface area (Å²) in [7, 11) is -3.96. The third-order valence-corrected chi connectivity index (χ3v) is 4.53. The molecule has 118 valence electrons. The molecule has 1 amide bonds. The molecule has 1 heterocycles. The zero-order valence-electron chi connectivity index (χ0n) is 11.6. The normalized spacial score (nSPS) is 11.5. The molecule has 3 aromatic rings. The summed E-state index contributed by atoms with van der Waals surface area (Å²) in [5.74, 6) is -1.39. The molecule has 4 N–H and O–H groups in total. The number of carbonyl (C=O) groups is 1. The first kappa shape index (κ1) is 15.0. The molecule has 9 heteroatoms. The van der Waals surface area contributed by atoms with Crippen molar-refractivity contribution in [2.24, 2.45) is 5.73 Å². The minimum atomic E-state index is -3.96. The lowest BCUT2D eigenvalue weighted by atomic mass is 10.2. The monoisotopic (exact) mass is 334 g/mol. The van der Waals surface area contributed by atoms with Crippen LogP contribution in [0.15, 0.2) is 47.4 Å². The van der Waals surface area contributed by atoms with Crippen LogP contribution in [0.5, 0.6) is 0 Å². The van der Waals surface area contributed by atoms with Crippen LogP contribution in [-0.4, -0.2) is 24.5 Å². The molecule has 0 aliphatic carbocycles. The number of rotatable bonds is 4. The molecule has 0 unspecified atom stereocenters. The first-order valence-corrected chi connectivity index (χ1v) is 7.91. The van der Waals surface area contributed by atoms with Gasteiger partial charge in [0.15, 0.2) is 5.69 Å². The van der Waals surface area contributed by atoms with Crippen LogP contribution in [-0.2, 0) is 10.0 Å². The fourth-order valence-electron chi connectivity index (χ4n) is 2.11. The number of nitrogens with one attached hydrogen (secondary N) is 2. The number of fused-ring (bicyclic) bond motifs is 1. The van der Waals surface area contributed by atoms with Gasteiger partial charge in [0.05, 0.1) is 10.4 Å². The largest absolute Gasteiger partial charge is 0.364 e. The predicted octanol–water partition coefficient (Wildman–Crippen LogP) is 1.60. The Balaban J connectivity index is 2.01. The molecule has 0 radical (unpaired) electrons. The summed E-state index contributed by atoms with van der Waals surface area (Å²) in [6, 6.07) is 9.10. The van der Waals surface area contributed by atoms with Gasteiger partial charge < -0.3 is 5.73 Å². The summed E-state index contributed by atoms with van der Waals surface area (Å²) in [5, 5.41) is 6.78. The molecule has 0 bridgehead atoms. The topological polar surface area (TPSA) is 118 Å². The van der Waals surface area contributed by atoms with Gasteiger partial charge in [-0.15, -0.1) is 0 Å². The maximum absolute atomic E-state index is 13.2. The van der Waals surface area contributed by atoms with Gasteiger partial charge in [0.25, 0.3) is 15.9 Å². The van der Waals surface area contributed by atoms with E-state index in [0.29, 0.717) is 10.9 Å². The van der Waals surface area contributed by atoms with E-state index in [4.69, 9.17) is 5.73 Å². The van der Waals surface area contributed by atoms with Gasteiger partial charge in [0.2, 0.25) is 0 Å². The number of benzene rings is 2. The Kier molecular flexibility index (Phi) is 3.49. The third-order valence-electron chi connectivity index (χ3n) is 3.15. The average molecular weight is 334 g/mol. The molecule has 0 atom stereocenters. The summed E-state index contributed by atoms with van der Waals surface area (Å²) in [6.45, 7) is 0. The number of H-pyrrole nitrogens is 1. The van der Waals surface area contributed by atoms with E-state index in [-0.39, 0.29) is 16.3 Å². The number of aromatic nitrogens is 2. The number of sulfonamides is 1. The van der Waals surface area contributed by atoms with Crippen molar-refractivity contribution < 1.29 is 17.6 Å². The molecule has 0 saturated carbocycles. The Hall–Kier alpha value is -2.94. The van der Waals surface area contributed by atoms with Crippen molar-refractivity contribution in [3.63, 3.8) is 0 Å². The molecule has 0 aliphatic rings. The number of carbonyl (C=O) groups excluding carboxylic acids is 1. The zero-order chi connectivity index (χ0) is 16.6. The second-order valence-corrected chi connectivity index (χ2v) is 6.44. The van der Waals surface area contributed by atoms with E-state index in [1.54, 1.807) is 6.07 Å². The number of nitrogens with two attached hydrogens (primary N) is 1. The fraction of sp³-hybridized carbons (Fsp3) is 0. The number of amides is 1. The van der Waals surface area contributed by atoms with Gasteiger partial charge in [-0.2, -0.15) is 5.10 Å². The van der Waals surface area contributed by atoms with Gasteiger partial charge in [0.1, 0.15) is 5.82 Å². The summed E-state index contributed by atoms with van der Waals surface area (Å²) < 4.78 is 40.0. The van der Waals surface area contributed by atoms with Crippen LogP contribution < -0.4 is 10.5 Å². The lowest BCUT2D eigenvalue weighted by Gasteiger charge is -2.08. The maximum Gasteiger partial charge on any atom is 0.269 e. The second kappa shape index (κ2) is 5.36. The summed E-state index contributed by atoms with van der Waals surface area (Å²) in [4.78, 5) is 11.1. The predicted molar refractivity (Wildman–Crippen MR) is 81.8 cm³/mol. The second-order valence-electron chi connectivity index (χ2n) is 4.76. The van der Waals surface area contributed by atoms with Gasteiger partial charge in [-0.3, -0.25) is 14.6 Å². The zero-order valence-corrected chi connectivity index (χ0v) is 12.4. The number of hydrogen-bond acceptors (Lipinski definition) is 4. The van der Waals surface area contributed by atoms with Gasteiger partial charge in [-0.1, -0.05) is 6.07 Å². The van der Waals surface area contributed by atoms with Crippen LogP contribution in [0.3, 0.4) is 0 Å². The van der Waals surface area contributed by atoms with Crippen LogP contribution in [0, 0.1) is 5.82 Å². The van der Waals surface area contributed by atoms with Crippen molar-refractivity contribution in [2.45, 2.75) is 4.90 Å². The number of hydrogen-bond donors (Lipinski definition) is 3. The molecule has 2 aromatic carbocycles. The smallest absolute Gasteiger partial charge is 0.269 e. The Morgan fingerprint density at radius 2 is 2.00 bits per heavy atom. The van der Waals surface area contributed by atoms with Gasteiger partial charge in [-0.25, -0.2) is 12.8 Å². The third kappa shape index (κ3) is 2.86. The minimum absolute atomic E-state index is 0.00630. The quantitative estimate of drug-likeness (QED) is 0.671. The fourth-order valence-corrected chi connectivity index (χ4v) is 3.19. The minimum Gasteiger partial charge on any atom is -0.364 e. The van der Waals surface area contributed by atoms with Gasteiger partial charge >= 0.3 is 0 Å². The van der Waals surface area contributed by atoms with Crippen molar-refractivity contribution in [3.8, 4) is 0 Å². The van der Waals surface area contributed by atoms with E-state index in [0.717, 1.165) is 12.1 Å². The van der Waals surface area contributed by atoms with Crippen LogP contribution in [0.25, 0.3) is 10.9 Å². The van der Waals surface area contributed by atoms with Crippen molar-refractivity contribution in [1.82, 2.24) is 10.2 Å². The van der Waals surface area contributed by atoms with E-state index in [1.165, 1.54) is 24.3 Å². The summed E-state index contributed by atoms with van der Waals surface area (Å²) >= 11 is 0. The standard InChI is InChI=1S/C14H11FN4O3S/c15-8-2-1-3-10(6-8)23(21,22)19-9-4-5-12-11(7-9)13(14(16)20)18-17-12/h1-7,19H,(H2,16,20)(H,17,18). The Morgan fingerprint density at radius 1 is 1.22 bits per heavy atom. The first-order valence-electron chi connectivity index (χ1n) is 6.43. The lowest BCUT2D eigenvalue weighted by Crippen LogP contribution is -2.13. The Bertz CT molecular complexity index is 1010. The van der Waals surface area contributed by atoms with Crippen molar-refractivity contribution in [3.05, 3.63) is 54.0 Å². The molecule has 7 nitrogen and oxygen atoms in total. The van der Waals surface area contributed by atoms with Gasteiger partial charge in [-0.05, 0) is 36.4 Å². The van der Waals surface area contributed by atoms with Crippen LogP contribution in [0.1, 0.15) is 10.5 Å². The van der Waals surface area contributed by atoms with E-state index in [1.807, 2.05) is 0 Å². The SMILES string of the molecule is NC(=O)c1n[nH]c2ccc(NS(=O)(=O)c3cccc(F)c3)cc12. The molecule has 0 saturated heterocycles. The Morgan fingerprint density at radius 3 is 2.70 bits per heavy atom. The first-order chi connectivity index (χ1) is 10.9. The number of aromatic amines is 1. The van der Waals surface area contributed by atoms with E-state index >= 15 is 0 Å². The van der Waals surface area contributed by atoms with Crippen LogP contribution >= 0.6 is 0 Å². The van der Waals surface area contributed by atoms with Gasteiger partial charge in [0, 0.05) is 11.1 Å². The van der Waals surface area contributed by atoms with Crippen LogP contribution in [0.4, 0.5) is 10.1 Å². The van der Waals surface area contributed by atoms with Crippen molar-refractivity contribution >= 4 is 32.5 Å². The average Bonchev–Trinajstić information content (AvgIpc) is 2.90. The number of halogens is 1. The number of primary amides is 1. The molecule has 0 aliphatic heterocycles. The highest BCUT2D eigenvalue weighted by Gasteiger charge is 2.17. The number of anilines is 1. The Labute approximate surface area is 130 Å². The molecule has 3 rings (SSSR count). The molecule has 0 fully saturated rings. The molecule has 1 aromatic heterocycles.